The molecule has 0 aromatic heterocycles. The lowest BCUT2D eigenvalue weighted by atomic mass is 10.0. The summed E-state index contributed by atoms with van der Waals surface area (Å²) in [5.74, 6) is 1.15. The maximum absolute atomic E-state index is 12.4. The molecule has 0 N–H and O–H groups in total. The van der Waals surface area contributed by atoms with Crippen LogP contribution in [0.5, 0.6) is 17.2 Å². The summed E-state index contributed by atoms with van der Waals surface area (Å²) >= 11 is 0. The molecule has 0 unspecified atom stereocenters. The Balaban J connectivity index is 0.00000432. The van der Waals surface area contributed by atoms with Gasteiger partial charge in [-0.2, -0.15) is 0 Å². The van der Waals surface area contributed by atoms with Gasteiger partial charge in [-0.1, -0.05) is 49.9 Å². The fourth-order valence-electron chi connectivity index (χ4n) is 3.43. The first-order valence-electron chi connectivity index (χ1n) is 11.4. The van der Waals surface area contributed by atoms with Gasteiger partial charge in [0.2, 0.25) is 0 Å². The molecule has 0 heterocycles. The minimum Gasteiger partial charge on any atom is -0.547 e. The van der Waals surface area contributed by atoms with Crippen molar-refractivity contribution in [3.05, 3.63) is 90.0 Å². The average Bonchev–Trinajstić information content (AvgIpc) is 2.86. The van der Waals surface area contributed by atoms with Crippen LogP contribution in [0.25, 0.3) is 0 Å². The highest BCUT2D eigenvalue weighted by Gasteiger charge is 2.11. The molecule has 6 nitrogen and oxygen atoms in total. The van der Waals surface area contributed by atoms with Crippen LogP contribution in [0.4, 0.5) is 0 Å². The van der Waals surface area contributed by atoms with Crippen molar-refractivity contribution in [1.82, 2.24) is 0 Å². The Bertz CT molecular complexity index is 1030. The van der Waals surface area contributed by atoms with Crippen LogP contribution in [-0.2, 0) is 16.0 Å². The summed E-state index contributed by atoms with van der Waals surface area (Å²) in [6, 6.07) is 24.1. The van der Waals surface area contributed by atoms with Crippen LogP contribution in [0.15, 0.2) is 78.9 Å². The number of methoxy groups -OCH3 is 1. The zero-order valence-electron chi connectivity index (χ0n) is 19.3. The van der Waals surface area contributed by atoms with E-state index in [1.807, 2.05) is 54.6 Å². The maximum atomic E-state index is 12.4. The number of benzene rings is 3. The molecule has 3 aromatic carbocycles. The molecule has 3 rings (SSSR count). The number of carbonyl (C=O) groups excluding carboxylic acids is 2. The minimum absolute atomic E-state index is 0. The highest BCUT2D eigenvalue weighted by atomic mass is 16.5. The third-order valence-corrected chi connectivity index (χ3v) is 5.36. The van der Waals surface area contributed by atoms with Crippen molar-refractivity contribution in [2.45, 2.75) is 45.6 Å². The standard InChI is InChI=1S/C28H30O6.CH4/c1-32-27(28(30)31)20-21-11-13-22(14-12-21)26(29)10-6-3-7-19-33-23-15-17-25(18-16-23)34-24-8-4-2-5-9-24;/h2,4-5,8-9,11-18,27H,3,6-7,10,19-20H2,1H3,(H,30,31);1H4/p-1/t27-;/m0./s1. The van der Waals surface area contributed by atoms with Crippen molar-refractivity contribution >= 4 is 11.8 Å². The van der Waals surface area contributed by atoms with Gasteiger partial charge in [0, 0.05) is 25.5 Å². The third kappa shape index (κ3) is 9.26. The van der Waals surface area contributed by atoms with E-state index in [0.717, 1.165) is 42.1 Å². The fraction of sp³-hybridized carbons (Fsp3) is 0.310. The number of carbonyl (C=O) groups is 2. The van der Waals surface area contributed by atoms with Crippen LogP contribution >= 0.6 is 0 Å². The molecule has 0 aliphatic heterocycles. The van der Waals surface area contributed by atoms with Crippen LogP contribution in [-0.4, -0.2) is 31.6 Å². The van der Waals surface area contributed by atoms with E-state index in [1.54, 1.807) is 24.3 Å². The van der Waals surface area contributed by atoms with E-state index in [0.29, 0.717) is 18.6 Å². The molecule has 3 aromatic rings. The Hall–Kier alpha value is -3.64. The molecular formula is C29H33O6-. The molecule has 0 aliphatic rings. The van der Waals surface area contributed by atoms with Crippen molar-refractivity contribution in [3.8, 4) is 17.2 Å². The maximum Gasteiger partial charge on any atom is 0.162 e. The van der Waals surface area contributed by atoms with Gasteiger partial charge < -0.3 is 24.1 Å². The molecular weight excluding hydrogens is 444 g/mol. The minimum atomic E-state index is -1.25. The lowest BCUT2D eigenvalue weighted by molar-refractivity contribution is -0.315. The third-order valence-electron chi connectivity index (χ3n) is 5.36. The number of unbranched alkanes of at least 4 members (excludes halogenated alkanes) is 2. The highest BCUT2D eigenvalue weighted by Crippen LogP contribution is 2.23. The number of hydrogen-bond donors (Lipinski definition) is 0. The van der Waals surface area contributed by atoms with Crippen molar-refractivity contribution in [3.63, 3.8) is 0 Å². The Labute approximate surface area is 207 Å². The summed E-state index contributed by atoms with van der Waals surface area (Å²) in [4.78, 5) is 23.3. The lowest BCUT2D eigenvalue weighted by Gasteiger charge is -2.16. The predicted octanol–water partition coefficient (Wildman–Crippen LogP) is 5.24. The SMILES string of the molecule is C.CO[C@@H](Cc1ccc(C(=O)CCCCCOc2ccc(Oc3ccccc3)cc2)cc1)C(=O)[O-]. The van der Waals surface area contributed by atoms with Gasteiger partial charge in [-0.25, -0.2) is 0 Å². The van der Waals surface area contributed by atoms with Crippen molar-refractivity contribution in [2.24, 2.45) is 0 Å². The molecule has 35 heavy (non-hydrogen) atoms. The molecule has 6 heteroatoms. The molecule has 0 fully saturated rings. The lowest BCUT2D eigenvalue weighted by Crippen LogP contribution is -2.38. The normalized spacial score (nSPS) is 11.2. The Kier molecular flexibility index (Phi) is 11.5. The van der Waals surface area contributed by atoms with Gasteiger partial charge in [-0.15, -0.1) is 0 Å². The van der Waals surface area contributed by atoms with Gasteiger partial charge in [0.1, 0.15) is 23.4 Å². The summed E-state index contributed by atoms with van der Waals surface area (Å²) in [7, 11) is 1.33. The van der Waals surface area contributed by atoms with E-state index in [-0.39, 0.29) is 19.6 Å². The predicted molar refractivity (Wildman–Crippen MR) is 134 cm³/mol. The smallest absolute Gasteiger partial charge is 0.162 e. The number of aliphatic carboxylic acids is 1. The van der Waals surface area contributed by atoms with Crippen molar-refractivity contribution in [2.75, 3.05) is 13.7 Å². The van der Waals surface area contributed by atoms with E-state index in [9.17, 15) is 14.7 Å². The zero-order valence-corrected chi connectivity index (χ0v) is 19.3. The van der Waals surface area contributed by atoms with Crippen LogP contribution in [0.3, 0.4) is 0 Å². The van der Waals surface area contributed by atoms with Crippen molar-refractivity contribution in [1.29, 1.82) is 0 Å². The highest BCUT2D eigenvalue weighted by molar-refractivity contribution is 5.96. The number of rotatable bonds is 14. The number of para-hydroxylation sites is 1. The summed E-state index contributed by atoms with van der Waals surface area (Å²) in [6.07, 6.45) is 2.20. The van der Waals surface area contributed by atoms with Gasteiger partial charge in [-0.3, -0.25) is 4.79 Å². The summed E-state index contributed by atoms with van der Waals surface area (Å²) < 4.78 is 16.4. The van der Waals surface area contributed by atoms with Gasteiger partial charge in [0.05, 0.1) is 12.6 Å². The van der Waals surface area contributed by atoms with E-state index < -0.39 is 12.1 Å². The summed E-state index contributed by atoms with van der Waals surface area (Å²) in [5, 5.41) is 11.0. The van der Waals surface area contributed by atoms with Gasteiger partial charge >= 0.3 is 0 Å². The average molecular weight is 478 g/mol. The second kappa shape index (κ2) is 14.6. The Morgan fingerprint density at radius 3 is 2.06 bits per heavy atom. The fourth-order valence-corrected chi connectivity index (χ4v) is 3.43. The van der Waals surface area contributed by atoms with Gasteiger partial charge in [-0.05, 0) is 61.2 Å². The van der Waals surface area contributed by atoms with Gasteiger partial charge in [0.15, 0.2) is 5.78 Å². The Morgan fingerprint density at radius 1 is 0.800 bits per heavy atom. The van der Waals surface area contributed by atoms with Crippen LogP contribution in [0, 0.1) is 0 Å². The second-order valence-electron chi connectivity index (χ2n) is 7.91. The molecule has 1 atom stereocenters. The molecule has 0 saturated carbocycles. The topological polar surface area (TPSA) is 84.9 Å². The summed E-state index contributed by atoms with van der Waals surface area (Å²) in [6.45, 7) is 0.584. The first kappa shape index (κ1) is 27.6. The first-order chi connectivity index (χ1) is 16.5. The molecule has 0 saturated heterocycles. The number of hydrogen-bond acceptors (Lipinski definition) is 6. The molecule has 0 spiro atoms. The number of ether oxygens (including phenoxy) is 3. The van der Waals surface area contributed by atoms with E-state index in [2.05, 4.69) is 0 Å². The quantitative estimate of drug-likeness (QED) is 0.233. The van der Waals surface area contributed by atoms with E-state index in [4.69, 9.17) is 14.2 Å². The zero-order chi connectivity index (χ0) is 24.2. The number of carboxylic acids is 1. The van der Waals surface area contributed by atoms with Crippen LogP contribution < -0.4 is 14.6 Å². The molecule has 0 bridgehead atoms. The summed E-state index contributed by atoms with van der Waals surface area (Å²) in [5.41, 5.74) is 1.41. The van der Waals surface area contributed by atoms with Crippen LogP contribution in [0.1, 0.15) is 49.0 Å². The largest absolute Gasteiger partial charge is 0.547 e. The van der Waals surface area contributed by atoms with E-state index in [1.165, 1.54) is 7.11 Å². The molecule has 0 aliphatic carbocycles. The number of Topliss-reactive ketones (excluding diaryl/α,β-unsaturated/α-hetero) is 1. The van der Waals surface area contributed by atoms with Gasteiger partial charge in [0.25, 0.3) is 0 Å². The monoisotopic (exact) mass is 477 g/mol. The number of ketones is 1. The molecule has 0 radical (unpaired) electrons. The molecule has 186 valence electrons. The number of carboxylic acid groups (broad SMARTS) is 1. The molecule has 0 amide bonds. The van der Waals surface area contributed by atoms with Crippen molar-refractivity contribution < 1.29 is 28.9 Å². The second-order valence-corrected chi connectivity index (χ2v) is 7.91. The first-order valence-corrected chi connectivity index (χ1v) is 11.4. The van der Waals surface area contributed by atoms with E-state index >= 15 is 0 Å². The van der Waals surface area contributed by atoms with Crippen LogP contribution in [0.2, 0.25) is 0 Å². The Morgan fingerprint density at radius 2 is 1.43 bits per heavy atom.